The molecule has 2 aliphatic rings. The van der Waals surface area contributed by atoms with Crippen molar-refractivity contribution in [3.8, 4) is 0 Å². The number of esters is 2. The van der Waals surface area contributed by atoms with Crippen LogP contribution in [0.15, 0.2) is 24.7 Å². The lowest BCUT2D eigenvalue weighted by Crippen LogP contribution is -2.53. The fourth-order valence-corrected chi connectivity index (χ4v) is 6.16. The van der Waals surface area contributed by atoms with Crippen LogP contribution in [-0.4, -0.2) is 73.2 Å². The minimum absolute atomic E-state index is 0.0405. The Bertz CT molecular complexity index is 1780. The number of rotatable bonds is 6. The summed E-state index contributed by atoms with van der Waals surface area (Å²) in [6, 6.07) is 2.27. The number of Topliss-reactive ketones (excluding diaryl/α,β-unsaturated/α-hetero) is 1. The Morgan fingerprint density at radius 1 is 1.13 bits per heavy atom. The summed E-state index contributed by atoms with van der Waals surface area (Å²) < 4.78 is 68.1. The number of ether oxygens (including phenoxy) is 4. The van der Waals surface area contributed by atoms with E-state index in [1.807, 2.05) is 0 Å². The van der Waals surface area contributed by atoms with Gasteiger partial charge in [0, 0.05) is 32.2 Å². The number of halogens is 4. The van der Waals surface area contributed by atoms with E-state index in [0.29, 0.717) is 11.5 Å². The highest BCUT2D eigenvalue weighted by molar-refractivity contribution is 6.33. The monoisotopic (exact) mass is 680 g/mol. The van der Waals surface area contributed by atoms with Gasteiger partial charge < -0.3 is 28.4 Å². The molecule has 0 radical (unpaired) electrons. The van der Waals surface area contributed by atoms with Crippen LogP contribution in [-0.2, 0) is 41.5 Å². The van der Waals surface area contributed by atoms with Gasteiger partial charge in [-0.15, -0.1) is 0 Å². The van der Waals surface area contributed by atoms with Crippen LogP contribution in [0.2, 0.25) is 5.15 Å². The topological polar surface area (TPSA) is 139 Å². The number of aromatic nitrogens is 3. The van der Waals surface area contributed by atoms with Gasteiger partial charge in [-0.25, -0.2) is 27.9 Å². The Morgan fingerprint density at radius 3 is 2.45 bits per heavy atom. The zero-order valence-electron chi connectivity index (χ0n) is 26.3. The van der Waals surface area contributed by atoms with Crippen molar-refractivity contribution in [3.63, 3.8) is 0 Å². The first-order valence-electron chi connectivity index (χ1n) is 14.6. The average Bonchev–Trinajstić information content (AvgIpc) is 3.50. The number of hydrogen-bond acceptors (Lipinski definition) is 10. The lowest BCUT2D eigenvalue weighted by Gasteiger charge is -2.35. The normalized spacial score (nSPS) is 22.7. The summed E-state index contributed by atoms with van der Waals surface area (Å²) in [7, 11) is 0. The molecule has 4 atom stereocenters. The van der Waals surface area contributed by atoms with Gasteiger partial charge >= 0.3 is 18.0 Å². The summed E-state index contributed by atoms with van der Waals surface area (Å²) in [6.07, 6.45) is -6.20. The Balaban J connectivity index is 1.66. The van der Waals surface area contributed by atoms with Gasteiger partial charge in [-0.2, -0.15) is 0 Å². The van der Waals surface area contributed by atoms with Crippen molar-refractivity contribution in [2.75, 3.05) is 6.54 Å². The number of carbonyl (C=O) groups is 4. The summed E-state index contributed by atoms with van der Waals surface area (Å²) in [4.78, 5) is 61.7. The Morgan fingerprint density at radius 2 is 1.83 bits per heavy atom. The quantitative estimate of drug-likeness (QED) is 0.142. The number of carbonyl (C=O) groups excluding carboxylic acids is 4. The Kier molecular flexibility index (Phi) is 9.01. The largest absolute Gasteiger partial charge is 0.453 e. The van der Waals surface area contributed by atoms with Gasteiger partial charge in [-0.05, 0) is 57.4 Å². The van der Waals surface area contributed by atoms with Crippen LogP contribution in [0.25, 0.3) is 11.0 Å². The van der Waals surface area contributed by atoms with Gasteiger partial charge in [0.2, 0.25) is 0 Å². The highest BCUT2D eigenvalue weighted by Crippen LogP contribution is 2.45. The van der Waals surface area contributed by atoms with Crippen molar-refractivity contribution < 1.29 is 51.3 Å². The maximum absolute atomic E-state index is 15.5. The first kappa shape index (κ1) is 34.1. The molecule has 16 heteroatoms. The van der Waals surface area contributed by atoms with Crippen LogP contribution in [0.5, 0.6) is 0 Å². The molecule has 5 rings (SSSR count). The molecule has 0 N–H and O–H groups in total. The molecular formula is C31H32ClF3N4O8. The molecule has 3 aromatic rings. The molecule has 252 valence electrons. The maximum atomic E-state index is 15.5. The second kappa shape index (κ2) is 12.4. The molecule has 1 fully saturated rings. The first-order valence-corrected chi connectivity index (χ1v) is 14.9. The van der Waals surface area contributed by atoms with E-state index in [1.165, 1.54) is 28.9 Å². The molecule has 1 aromatic carbocycles. The lowest BCUT2D eigenvalue weighted by molar-refractivity contribution is -0.179. The summed E-state index contributed by atoms with van der Waals surface area (Å²) in [5.74, 6) is -3.87. The van der Waals surface area contributed by atoms with Crippen molar-refractivity contribution in [1.82, 2.24) is 19.4 Å². The first-order chi connectivity index (χ1) is 21.9. The molecule has 12 nitrogen and oxygen atoms in total. The van der Waals surface area contributed by atoms with Crippen molar-refractivity contribution in [2.45, 2.75) is 90.6 Å². The van der Waals surface area contributed by atoms with E-state index in [1.54, 1.807) is 26.8 Å². The number of fused-ring (bicyclic) bond motifs is 2. The fraction of sp³-hybridized carbons (Fsp3) is 0.484. The van der Waals surface area contributed by atoms with Crippen LogP contribution < -0.4 is 0 Å². The standard InChI is InChI=1S/C31H32ClF3N4O8/c1-14(40)44-24-28(39-10-8-17-25(32)36-13-37-27(17)39)45-23(31(24,6)46-15(2)41)22(42)18-11-19(26(34)35)21(33)16-7-9-38(12-20(16)18)29(43)47-30(3,4)5/h8,10-11,13,23-24,26,28H,7,9,12H2,1-6H3/t23-,24+,28-,31-/m1/s1. The van der Waals surface area contributed by atoms with Gasteiger partial charge in [0.1, 0.15) is 28.5 Å². The number of hydrogen-bond donors (Lipinski definition) is 0. The second-order valence-electron chi connectivity index (χ2n) is 12.4. The third kappa shape index (κ3) is 6.38. The fourth-order valence-electron chi connectivity index (χ4n) is 5.97. The zero-order chi connectivity index (χ0) is 34.6. The SMILES string of the molecule is CC(=O)O[C@H]1[C@H](n2ccc3c(Cl)ncnc32)O[C@H](C(=O)c2cc(C(F)F)c(F)c3c2CN(C(=O)OC(C)(C)C)CC3)[C@@]1(C)OC(C)=O. The maximum Gasteiger partial charge on any atom is 0.410 e. The molecule has 0 spiro atoms. The molecule has 4 heterocycles. The van der Waals surface area contributed by atoms with Gasteiger partial charge in [0.15, 0.2) is 29.8 Å². The molecular weight excluding hydrogens is 649 g/mol. The third-order valence-corrected chi connectivity index (χ3v) is 8.19. The molecule has 1 amide bonds. The van der Waals surface area contributed by atoms with E-state index < -0.39 is 76.8 Å². The van der Waals surface area contributed by atoms with Gasteiger partial charge in [-0.3, -0.25) is 14.4 Å². The predicted octanol–water partition coefficient (Wildman–Crippen LogP) is 5.49. The van der Waals surface area contributed by atoms with E-state index in [2.05, 4.69) is 9.97 Å². The Hall–Kier alpha value is -4.24. The minimum atomic E-state index is -3.29. The van der Waals surface area contributed by atoms with E-state index >= 15 is 4.39 Å². The minimum Gasteiger partial charge on any atom is -0.453 e. The molecule has 47 heavy (non-hydrogen) atoms. The van der Waals surface area contributed by atoms with E-state index in [4.69, 9.17) is 30.5 Å². The van der Waals surface area contributed by atoms with Crippen molar-refractivity contribution in [1.29, 1.82) is 0 Å². The predicted molar refractivity (Wildman–Crippen MR) is 158 cm³/mol. The van der Waals surface area contributed by atoms with Gasteiger partial charge in [0.25, 0.3) is 6.43 Å². The molecule has 0 bridgehead atoms. The second-order valence-corrected chi connectivity index (χ2v) is 12.8. The summed E-state index contributed by atoms with van der Waals surface area (Å²) in [5, 5.41) is 0.484. The van der Waals surface area contributed by atoms with Gasteiger partial charge in [0.05, 0.1) is 17.5 Å². The Labute approximate surface area is 272 Å². The van der Waals surface area contributed by atoms with Crippen LogP contribution in [0.3, 0.4) is 0 Å². The third-order valence-electron chi connectivity index (χ3n) is 7.89. The van der Waals surface area contributed by atoms with Crippen molar-refractivity contribution >= 4 is 46.4 Å². The van der Waals surface area contributed by atoms with Crippen LogP contribution >= 0.6 is 11.6 Å². The lowest BCUT2D eigenvalue weighted by atomic mass is 9.84. The van der Waals surface area contributed by atoms with Crippen LogP contribution in [0, 0.1) is 5.82 Å². The number of benzene rings is 1. The smallest absolute Gasteiger partial charge is 0.410 e. The van der Waals surface area contributed by atoms with Crippen LogP contribution in [0.1, 0.15) is 81.2 Å². The zero-order valence-corrected chi connectivity index (χ0v) is 27.1. The van der Waals surface area contributed by atoms with Crippen LogP contribution in [0.4, 0.5) is 18.0 Å². The molecule has 0 aliphatic carbocycles. The van der Waals surface area contributed by atoms with E-state index in [0.717, 1.165) is 13.8 Å². The van der Waals surface area contributed by atoms with E-state index in [-0.39, 0.29) is 41.4 Å². The van der Waals surface area contributed by atoms with Gasteiger partial charge in [-0.1, -0.05) is 11.6 Å². The highest BCUT2D eigenvalue weighted by Gasteiger charge is 2.62. The number of alkyl halides is 2. The van der Waals surface area contributed by atoms with Crippen molar-refractivity contribution in [2.24, 2.45) is 0 Å². The molecule has 0 saturated carbocycles. The summed E-state index contributed by atoms with van der Waals surface area (Å²) >= 11 is 6.23. The molecule has 2 aromatic heterocycles. The number of amides is 1. The highest BCUT2D eigenvalue weighted by atomic mass is 35.5. The molecule has 2 aliphatic heterocycles. The number of ketones is 1. The van der Waals surface area contributed by atoms with E-state index in [9.17, 15) is 28.0 Å². The summed E-state index contributed by atoms with van der Waals surface area (Å²) in [5.41, 5.74) is -4.33. The van der Waals surface area contributed by atoms with Crippen molar-refractivity contribution in [3.05, 3.63) is 57.9 Å². The number of nitrogens with zero attached hydrogens (tertiary/aromatic N) is 4. The average molecular weight is 681 g/mol. The molecule has 1 saturated heterocycles. The molecule has 0 unspecified atom stereocenters. The summed E-state index contributed by atoms with van der Waals surface area (Å²) in [6.45, 7) is 8.02.